The van der Waals surface area contributed by atoms with Gasteiger partial charge in [0.1, 0.15) is 0 Å². The van der Waals surface area contributed by atoms with Crippen molar-refractivity contribution < 1.29 is 14.3 Å². The van der Waals surface area contributed by atoms with Gasteiger partial charge in [0.25, 0.3) is 0 Å². The lowest BCUT2D eigenvalue weighted by atomic mass is 10.1. The van der Waals surface area contributed by atoms with Crippen molar-refractivity contribution in [3.05, 3.63) is 0 Å². The monoisotopic (exact) mass is 216 g/mol. The van der Waals surface area contributed by atoms with E-state index >= 15 is 0 Å². The number of carbonyl (C=O) groups is 1. The second kappa shape index (κ2) is 11.5. The van der Waals surface area contributed by atoms with Crippen LogP contribution in [-0.2, 0) is 14.3 Å². The van der Waals surface area contributed by atoms with E-state index in [1.54, 1.807) is 7.11 Å². The predicted octanol–water partition coefficient (Wildman–Crippen LogP) is 2.93. The van der Waals surface area contributed by atoms with Gasteiger partial charge in [-0.1, -0.05) is 39.0 Å². The molecular formula is C12H24O3. The van der Waals surface area contributed by atoms with E-state index < -0.39 is 0 Å². The van der Waals surface area contributed by atoms with E-state index in [1.165, 1.54) is 25.7 Å². The maximum Gasteiger partial charge on any atom is 0.308 e. The van der Waals surface area contributed by atoms with E-state index in [0.717, 1.165) is 12.8 Å². The summed E-state index contributed by atoms with van der Waals surface area (Å²) in [6.45, 7) is 3.22. The van der Waals surface area contributed by atoms with Gasteiger partial charge in [-0.15, -0.1) is 0 Å². The lowest BCUT2D eigenvalue weighted by Crippen LogP contribution is -2.08. The van der Waals surface area contributed by atoms with Crippen molar-refractivity contribution in [2.45, 2.75) is 51.9 Å². The summed E-state index contributed by atoms with van der Waals surface area (Å²) < 4.78 is 9.82. The Morgan fingerprint density at radius 3 is 2.33 bits per heavy atom. The number of ether oxygens (including phenoxy) is 2. The summed E-state index contributed by atoms with van der Waals surface area (Å²) >= 11 is 0. The molecule has 0 spiro atoms. The summed E-state index contributed by atoms with van der Waals surface area (Å²) in [5, 5.41) is 0. The van der Waals surface area contributed by atoms with Crippen LogP contribution in [0.3, 0.4) is 0 Å². The molecule has 0 saturated carbocycles. The molecule has 0 saturated heterocycles. The molecule has 0 aliphatic heterocycles. The highest BCUT2D eigenvalue weighted by molar-refractivity contribution is 5.69. The van der Waals surface area contributed by atoms with Gasteiger partial charge in [0.2, 0.25) is 0 Å². The van der Waals surface area contributed by atoms with Crippen molar-refractivity contribution in [1.82, 2.24) is 0 Å². The Morgan fingerprint density at radius 1 is 1.00 bits per heavy atom. The van der Waals surface area contributed by atoms with Gasteiger partial charge in [-0.05, 0) is 6.42 Å². The minimum atomic E-state index is -0.148. The molecule has 0 bridgehead atoms. The standard InChI is InChI=1S/C12H24O3/c1-3-4-5-6-7-8-10-15-12(13)9-11-14-2/h3-11H2,1-2H3. The van der Waals surface area contributed by atoms with E-state index in [4.69, 9.17) is 9.47 Å². The van der Waals surface area contributed by atoms with Gasteiger partial charge < -0.3 is 9.47 Å². The number of methoxy groups -OCH3 is 1. The average Bonchev–Trinajstić information content (AvgIpc) is 2.25. The highest BCUT2D eigenvalue weighted by Crippen LogP contribution is 2.05. The van der Waals surface area contributed by atoms with Gasteiger partial charge in [0.15, 0.2) is 0 Å². The van der Waals surface area contributed by atoms with Crippen LogP contribution in [-0.4, -0.2) is 26.3 Å². The molecule has 0 heterocycles. The van der Waals surface area contributed by atoms with Crippen LogP contribution >= 0.6 is 0 Å². The zero-order valence-electron chi connectivity index (χ0n) is 10.1. The van der Waals surface area contributed by atoms with Gasteiger partial charge >= 0.3 is 5.97 Å². The molecule has 90 valence electrons. The number of esters is 1. The van der Waals surface area contributed by atoms with E-state index in [-0.39, 0.29) is 5.97 Å². The van der Waals surface area contributed by atoms with Crippen LogP contribution in [0.25, 0.3) is 0 Å². The molecule has 3 nitrogen and oxygen atoms in total. The fourth-order valence-corrected chi connectivity index (χ4v) is 1.33. The first-order valence-electron chi connectivity index (χ1n) is 5.95. The Bertz CT molecular complexity index is 146. The van der Waals surface area contributed by atoms with Crippen LogP contribution in [0.15, 0.2) is 0 Å². The first-order valence-corrected chi connectivity index (χ1v) is 5.95. The zero-order valence-corrected chi connectivity index (χ0v) is 10.1. The predicted molar refractivity (Wildman–Crippen MR) is 60.8 cm³/mol. The number of hydrogen-bond acceptors (Lipinski definition) is 3. The second-order valence-corrected chi connectivity index (χ2v) is 3.73. The number of hydrogen-bond donors (Lipinski definition) is 0. The Kier molecular flexibility index (Phi) is 11.1. The van der Waals surface area contributed by atoms with E-state index in [9.17, 15) is 4.79 Å². The molecule has 0 atom stereocenters. The van der Waals surface area contributed by atoms with Crippen molar-refractivity contribution in [3.63, 3.8) is 0 Å². The SMILES string of the molecule is CCCCCCCCOC(=O)CCOC. The molecule has 0 aliphatic carbocycles. The number of unbranched alkanes of at least 4 members (excludes halogenated alkanes) is 5. The lowest BCUT2D eigenvalue weighted by Gasteiger charge is -2.04. The van der Waals surface area contributed by atoms with Crippen LogP contribution < -0.4 is 0 Å². The van der Waals surface area contributed by atoms with E-state index in [0.29, 0.717) is 19.6 Å². The number of rotatable bonds is 10. The van der Waals surface area contributed by atoms with Crippen LogP contribution in [0.4, 0.5) is 0 Å². The minimum absolute atomic E-state index is 0.148. The quantitative estimate of drug-likeness (QED) is 0.416. The first kappa shape index (κ1) is 14.4. The molecule has 0 aliphatic rings. The molecule has 0 radical (unpaired) electrons. The average molecular weight is 216 g/mol. The molecule has 3 heteroatoms. The normalized spacial score (nSPS) is 10.3. The Hall–Kier alpha value is -0.570. The second-order valence-electron chi connectivity index (χ2n) is 3.73. The van der Waals surface area contributed by atoms with Gasteiger partial charge in [0.05, 0.1) is 19.6 Å². The minimum Gasteiger partial charge on any atom is -0.466 e. The van der Waals surface area contributed by atoms with Crippen molar-refractivity contribution in [1.29, 1.82) is 0 Å². The van der Waals surface area contributed by atoms with Gasteiger partial charge in [0, 0.05) is 7.11 Å². The third-order valence-corrected chi connectivity index (χ3v) is 2.27. The smallest absolute Gasteiger partial charge is 0.308 e. The summed E-state index contributed by atoms with van der Waals surface area (Å²) in [6, 6.07) is 0. The van der Waals surface area contributed by atoms with Gasteiger partial charge in [-0.3, -0.25) is 4.79 Å². The van der Waals surface area contributed by atoms with E-state index in [1.807, 2.05) is 0 Å². The summed E-state index contributed by atoms with van der Waals surface area (Å²) in [5.41, 5.74) is 0. The third kappa shape index (κ3) is 11.4. The van der Waals surface area contributed by atoms with Crippen molar-refractivity contribution in [2.75, 3.05) is 20.3 Å². The molecule has 0 amide bonds. The zero-order chi connectivity index (χ0) is 11.4. The van der Waals surface area contributed by atoms with Gasteiger partial charge in [-0.25, -0.2) is 0 Å². The number of carbonyl (C=O) groups excluding carboxylic acids is 1. The molecule has 0 rings (SSSR count). The largest absolute Gasteiger partial charge is 0.466 e. The fraction of sp³-hybridized carbons (Fsp3) is 0.917. The Morgan fingerprint density at radius 2 is 1.67 bits per heavy atom. The summed E-state index contributed by atoms with van der Waals surface area (Å²) in [4.78, 5) is 11.0. The first-order chi connectivity index (χ1) is 7.31. The fourth-order valence-electron chi connectivity index (χ4n) is 1.33. The molecule has 15 heavy (non-hydrogen) atoms. The van der Waals surface area contributed by atoms with Crippen LogP contribution in [0.1, 0.15) is 51.9 Å². The third-order valence-electron chi connectivity index (χ3n) is 2.27. The Labute approximate surface area is 93.1 Å². The Balaban J connectivity index is 3.06. The highest BCUT2D eigenvalue weighted by atomic mass is 16.5. The molecule has 0 N–H and O–H groups in total. The molecule has 0 aromatic heterocycles. The van der Waals surface area contributed by atoms with Gasteiger partial charge in [-0.2, -0.15) is 0 Å². The molecule has 0 aromatic carbocycles. The van der Waals surface area contributed by atoms with Crippen LogP contribution in [0, 0.1) is 0 Å². The summed E-state index contributed by atoms with van der Waals surface area (Å²) in [5.74, 6) is -0.148. The van der Waals surface area contributed by atoms with Crippen molar-refractivity contribution >= 4 is 5.97 Å². The van der Waals surface area contributed by atoms with E-state index in [2.05, 4.69) is 6.92 Å². The summed E-state index contributed by atoms with van der Waals surface area (Å²) in [7, 11) is 1.58. The molecule has 0 fully saturated rings. The maximum atomic E-state index is 11.0. The topological polar surface area (TPSA) is 35.5 Å². The summed E-state index contributed by atoms with van der Waals surface area (Å²) in [6.07, 6.45) is 7.66. The maximum absolute atomic E-state index is 11.0. The van der Waals surface area contributed by atoms with Crippen molar-refractivity contribution in [2.24, 2.45) is 0 Å². The lowest BCUT2D eigenvalue weighted by molar-refractivity contribution is -0.144. The van der Waals surface area contributed by atoms with Crippen LogP contribution in [0.5, 0.6) is 0 Å². The molecule has 0 unspecified atom stereocenters. The molecule has 0 aromatic rings. The van der Waals surface area contributed by atoms with Crippen molar-refractivity contribution in [3.8, 4) is 0 Å². The van der Waals surface area contributed by atoms with Crippen LogP contribution in [0.2, 0.25) is 0 Å². The highest BCUT2D eigenvalue weighted by Gasteiger charge is 2.00. The molecular weight excluding hydrogens is 192 g/mol.